The zero-order valence-corrected chi connectivity index (χ0v) is 16.4. The predicted molar refractivity (Wildman–Crippen MR) is 108 cm³/mol. The summed E-state index contributed by atoms with van der Waals surface area (Å²) in [5.74, 6) is 1.22. The van der Waals surface area contributed by atoms with Crippen molar-refractivity contribution in [1.29, 1.82) is 0 Å². The average molecular weight is 442 g/mol. The molecule has 28 heavy (non-hydrogen) atoms. The number of piperidine rings is 1. The lowest BCUT2D eigenvalue weighted by Gasteiger charge is -2.27. The molecule has 0 radical (unpaired) electrons. The Morgan fingerprint density at radius 3 is 2.96 bits per heavy atom. The van der Waals surface area contributed by atoms with Crippen molar-refractivity contribution in [3.05, 3.63) is 53.1 Å². The lowest BCUT2D eigenvalue weighted by atomic mass is 10.1. The van der Waals surface area contributed by atoms with Crippen LogP contribution >= 0.6 is 15.9 Å². The zero-order chi connectivity index (χ0) is 19.1. The minimum Gasteiger partial charge on any atom is -0.485 e. The summed E-state index contributed by atoms with van der Waals surface area (Å²) in [5.41, 5.74) is 2.10. The molecule has 3 aromatic heterocycles. The Labute approximate surface area is 168 Å². The van der Waals surface area contributed by atoms with Crippen molar-refractivity contribution in [2.75, 3.05) is 13.1 Å². The predicted octanol–water partition coefficient (Wildman–Crippen LogP) is 3.79. The van der Waals surface area contributed by atoms with Crippen molar-refractivity contribution in [1.82, 2.24) is 24.9 Å². The molecule has 4 aromatic rings. The number of fused-ring (bicyclic) bond motifs is 2. The maximum Gasteiger partial charge on any atom is 0.187 e. The summed E-state index contributed by atoms with van der Waals surface area (Å²) in [6.45, 7) is 1.06. The van der Waals surface area contributed by atoms with Crippen molar-refractivity contribution in [2.45, 2.75) is 18.7 Å². The molecule has 0 bridgehead atoms. The van der Waals surface area contributed by atoms with Crippen LogP contribution in [0.1, 0.15) is 6.42 Å². The van der Waals surface area contributed by atoms with Crippen LogP contribution < -0.4 is 10.1 Å². The van der Waals surface area contributed by atoms with Crippen LogP contribution in [0.5, 0.6) is 5.75 Å². The second-order valence-electron chi connectivity index (χ2n) is 6.79. The maximum atomic E-state index is 14.2. The molecular weight excluding hydrogens is 425 g/mol. The topological polar surface area (TPSA) is 64.3 Å². The Morgan fingerprint density at radius 2 is 2.07 bits per heavy atom. The van der Waals surface area contributed by atoms with E-state index in [-0.39, 0.29) is 0 Å². The lowest BCUT2D eigenvalue weighted by molar-refractivity contribution is 0.0742. The molecule has 1 saturated heterocycles. The first-order chi connectivity index (χ1) is 13.7. The summed E-state index contributed by atoms with van der Waals surface area (Å²) in [6.07, 6.45) is 1.02. The molecule has 6 nitrogen and oxygen atoms in total. The van der Waals surface area contributed by atoms with Gasteiger partial charge in [-0.05, 0) is 53.2 Å². The highest BCUT2D eigenvalue weighted by atomic mass is 79.9. The van der Waals surface area contributed by atoms with Crippen molar-refractivity contribution < 1.29 is 9.13 Å². The SMILES string of the molecule is F[C@@H]1CNCC[C@@H]1Oc1cccc2ccc(-c3nnc4ccc(Br)cn34)nc12. The van der Waals surface area contributed by atoms with E-state index in [1.165, 1.54) is 0 Å². The van der Waals surface area contributed by atoms with Gasteiger partial charge in [0.15, 0.2) is 11.5 Å². The summed E-state index contributed by atoms with van der Waals surface area (Å²) in [4.78, 5) is 4.79. The number of alkyl halides is 1. The Kier molecular flexibility index (Phi) is 4.44. The number of aromatic nitrogens is 4. The van der Waals surface area contributed by atoms with Gasteiger partial charge in [-0.3, -0.25) is 4.40 Å². The molecule has 1 aromatic carbocycles. The van der Waals surface area contributed by atoms with Crippen LogP contribution in [0.4, 0.5) is 4.39 Å². The van der Waals surface area contributed by atoms with Gasteiger partial charge in [0.2, 0.25) is 0 Å². The number of para-hydroxylation sites is 1. The van der Waals surface area contributed by atoms with Gasteiger partial charge in [0, 0.05) is 22.6 Å². The average Bonchev–Trinajstić information content (AvgIpc) is 3.12. The van der Waals surface area contributed by atoms with Crippen molar-refractivity contribution >= 4 is 32.5 Å². The highest BCUT2D eigenvalue weighted by Gasteiger charge is 2.27. The maximum absolute atomic E-state index is 14.2. The van der Waals surface area contributed by atoms with Gasteiger partial charge in [0.25, 0.3) is 0 Å². The fraction of sp³-hybridized carbons (Fsp3) is 0.250. The molecular formula is C20H17BrFN5O. The number of rotatable bonds is 3. The zero-order valence-electron chi connectivity index (χ0n) is 14.8. The van der Waals surface area contributed by atoms with Crippen molar-refractivity contribution in [3.63, 3.8) is 0 Å². The summed E-state index contributed by atoms with van der Waals surface area (Å²) < 4.78 is 23.0. The van der Waals surface area contributed by atoms with Gasteiger partial charge >= 0.3 is 0 Å². The summed E-state index contributed by atoms with van der Waals surface area (Å²) in [7, 11) is 0. The molecule has 1 N–H and O–H groups in total. The third-order valence-electron chi connectivity index (χ3n) is 4.91. The Bertz CT molecular complexity index is 1160. The van der Waals surface area contributed by atoms with Crippen molar-refractivity contribution in [2.24, 2.45) is 0 Å². The highest BCUT2D eigenvalue weighted by Crippen LogP contribution is 2.29. The van der Waals surface area contributed by atoms with E-state index in [0.29, 0.717) is 35.8 Å². The number of hydrogen-bond donors (Lipinski definition) is 1. The van der Waals surface area contributed by atoms with Crippen LogP contribution in [-0.4, -0.2) is 44.9 Å². The number of halogens is 2. The first kappa shape index (κ1) is 17.5. The molecule has 142 valence electrons. The molecule has 1 aliphatic rings. The lowest BCUT2D eigenvalue weighted by Crippen LogP contribution is -2.44. The van der Waals surface area contributed by atoms with Gasteiger partial charge in [0.05, 0.1) is 0 Å². The van der Waals surface area contributed by atoms with E-state index in [1.807, 2.05) is 53.1 Å². The summed E-state index contributed by atoms with van der Waals surface area (Å²) >= 11 is 3.48. The molecule has 4 heterocycles. The third kappa shape index (κ3) is 3.12. The second-order valence-corrected chi connectivity index (χ2v) is 7.70. The Hall–Kier alpha value is -2.58. The fourth-order valence-electron chi connectivity index (χ4n) is 3.47. The number of nitrogens with zero attached hydrogens (tertiary/aromatic N) is 4. The quantitative estimate of drug-likeness (QED) is 0.523. The van der Waals surface area contributed by atoms with E-state index >= 15 is 0 Å². The van der Waals surface area contributed by atoms with Gasteiger partial charge < -0.3 is 10.1 Å². The number of pyridine rings is 2. The van der Waals surface area contributed by atoms with Crippen molar-refractivity contribution in [3.8, 4) is 17.3 Å². The van der Waals surface area contributed by atoms with Crippen LogP contribution in [0.15, 0.2) is 53.1 Å². The van der Waals surface area contributed by atoms with E-state index in [2.05, 4.69) is 31.4 Å². The van der Waals surface area contributed by atoms with Gasteiger partial charge in [-0.15, -0.1) is 10.2 Å². The second kappa shape index (κ2) is 7.10. The molecule has 0 aliphatic carbocycles. The summed E-state index contributed by atoms with van der Waals surface area (Å²) in [5, 5.41) is 12.5. The number of benzene rings is 1. The molecule has 8 heteroatoms. The molecule has 0 amide bonds. The summed E-state index contributed by atoms with van der Waals surface area (Å²) in [6, 6.07) is 13.4. The molecule has 2 atom stereocenters. The third-order valence-corrected chi connectivity index (χ3v) is 5.37. The minimum atomic E-state index is -1.04. The number of nitrogens with one attached hydrogen (secondary N) is 1. The van der Waals surface area contributed by atoms with E-state index in [4.69, 9.17) is 9.72 Å². The Morgan fingerprint density at radius 1 is 1.14 bits per heavy atom. The van der Waals surface area contributed by atoms with Crippen LogP contribution in [-0.2, 0) is 0 Å². The van der Waals surface area contributed by atoms with Gasteiger partial charge in [-0.25, -0.2) is 9.37 Å². The largest absolute Gasteiger partial charge is 0.485 e. The molecule has 5 rings (SSSR count). The van der Waals surface area contributed by atoms with Gasteiger partial charge in [-0.2, -0.15) is 0 Å². The minimum absolute atomic E-state index is 0.314. The first-order valence-electron chi connectivity index (χ1n) is 9.11. The molecule has 1 aliphatic heterocycles. The molecule has 1 fully saturated rings. The van der Waals surface area contributed by atoms with Crippen LogP contribution in [0.2, 0.25) is 0 Å². The first-order valence-corrected chi connectivity index (χ1v) is 9.90. The Balaban J connectivity index is 1.59. The smallest absolute Gasteiger partial charge is 0.187 e. The standard InChI is InChI=1S/C20H17BrFN5O/c21-13-5-7-18-25-26-20(27(18)11-13)15-6-4-12-2-1-3-17(19(12)24-15)28-16-8-9-23-10-14(16)22/h1-7,11,14,16,23H,8-10H2/t14-,16+/m1/s1. The van der Waals surface area contributed by atoms with E-state index in [9.17, 15) is 4.39 Å². The number of hydrogen-bond acceptors (Lipinski definition) is 5. The van der Waals surface area contributed by atoms with Gasteiger partial charge in [0.1, 0.15) is 29.2 Å². The van der Waals surface area contributed by atoms with E-state index in [0.717, 1.165) is 22.1 Å². The fourth-order valence-corrected chi connectivity index (χ4v) is 3.81. The monoisotopic (exact) mass is 441 g/mol. The molecule has 0 saturated carbocycles. The molecule has 0 unspecified atom stereocenters. The van der Waals surface area contributed by atoms with Crippen LogP contribution in [0.25, 0.3) is 28.1 Å². The van der Waals surface area contributed by atoms with Crippen LogP contribution in [0.3, 0.4) is 0 Å². The highest BCUT2D eigenvalue weighted by molar-refractivity contribution is 9.10. The number of ether oxygens (including phenoxy) is 1. The van der Waals surface area contributed by atoms with E-state index < -0.39 is 12.3 Å². The van der Waals surface area contributed by atoms with Gasteiger partial charge in [-0.1, -0.05) is 18.2 Å². The normalized spacial score (nSPS) is 19.9. The molecule has 0 spiro atoms. The van der Waals surface area contributed by atoms with E-state index in [1.54, 1.807) is 0 Å². The van der Waals surface area contributed by atoms with Crippen LogP contribution in [0, 0.1) is 0 Å².